The van der Waals surface area contributed by atoms with Crippen molar-refractivity contribution < 1.29 is 13.7 Å². The van der Waals surface area contributed by atoms with Gasteiger partial charge in [-0.05, 0) is 35.6 Å². The maximum atomic E-state index is 13.0. The van der Waals surface area contributed by atoms with Crippen molar-refractivity contribution in [3.8, 4) is 0 Å². The summed E-state index contributed by atoms with van der Waals surface area (Å²) in [6, 6.07) is 17.9. The molecule has 0 bridgehead atoms. The van der Waals surface area contributed by atoms with Crippen molar-refractivity contribution in [3.63, 3.8) is 0 Å². The largest absolute Gasteiger partial charge is 0.351 e. The van der Waals surface area contributed by atoms with E-state index in [1.165, 1.54) is 22.6 Å². The van der Waals surface area contributed by atoms with E-state index in [0.29, 0.717) is 13.0 Å². The quantitative estimate of drug-likeness (QED) is 0.659. The molecule has 0 aliphatic carbocycles. The Kier molecular flexibility index (Phi) is 5.46. The predicted octanol–water partition coefficient (Wildman–Crippen LogP) is 4.43. The first kappa shape index (κ1) is 17.9. The van der Waals surface area contributed by atoms with Crippen molar-refractivity contribution in [2.75, 3.05) is 7.05 Å². The van der Waals surface area contributed by atoms with Crippen LogP contribution in [-0.2, 0) is 13.0 Å². The van der Waals surface area contributed by atoms with Gasteiger partial charge in [-0.1, -0.05) is 54.5 Å². The van der Waals surface area contributed by atoms with E-state index in [4.69, 9.17) is 4.52 Å². The number of hydrogen-bond acceptors (Lipinski definition) is 3. The molecule has 0 N–H and O–H groups in total. The number of carbonyl (C=O) groups is 1. The van der Waals surface area contributed by atoms with Crippen LogP contribution in [0.2, 0.25) is 0 Å². The molecule has 1 heterocycles. The Morgan fingerprint density at radius 1 is 1.15 bits per heavy atom. The molecule has 0 aliphatic rings. The van der Waals surface area contributed by atoms with Crippen LogP contribution in [-0.4, -0.2) is 23.0 Å². The maximum Gasteiger partial charge on any atom is 0.292 e. The third-order valence-corrected chi connectivity index (χ3v) is 4.33. The molecule has 26 heavy (non-hydrogen) atoms. The van der Waals surface area contributed by atoms with Crippen LogP contribution in [0.25, 0.3) is 0 Å². The second-order valence-electron chi connectivity index (χ2n) is 6.49. The highest BCUT2D eigenvalue weighted by Gasteiger charge is 2.19. The molecule has 1 amide bonds. The van der Waals surface area contributed by atoms with E-state index >= 15 is 0 Å². The van der Waals surface area contributed by atoms with Gasteiger partial charge in [0.15, 0.2) is 0 Å². The molecule has 1 atom stereocenters. The minimum absolute atomic E-state index is 0.213. The number of aromatic nitrogens is 1. The van der Waals surface area contributed by atoms with Crippen LogP contribution in [0.5, 0.6) is 0 Å². The lowest BCUT2D eigenvalue weighted by molar-refractivity contribution is 0.0743. The van der Waals surface area contributed by atoms with Crippen molar-refractivity contribution in [1.82, 2.24) is 10.1 Å². The monoisotopic (exact) mass is 352 g/mol. The van der Waals surface area contributed by atoms with Gasteiger partial charge in [-0.15, -0.1) is 0 Å². The molecular weight excluding hydrogens is 331 g/mol. The number of hydrogen-bond donors (Lipinski definition) is 0. The van der Waals surface area contributed by atoms with Crippen molar-refractivity contribution >= 4 is 5.91 Å². The Morgan fingerprint density at radius 3 is 2.54 bits per heavy atom. The van der Waals surface area contributed by atoms with E-state index in [9.17, 15) is 9.18 Å². The van der Waals surface area contributed by atoms with Gasteiger partial charge >= 0.3 is 0 Å². The van der Waals surface area contributed by atoms with E-state index in [-0.39, 0.29) is 23.4 Å². The highest BCUT2D eigenvalue weighted by atomic mass is 19.1. The summed E-state index contributed by atoms with van der Waals surface area (Å²) in [5, 5.41) is 4.03. The lowest BCUT2D eigenvalue weighted by Gasteiger charge is -2.15. The number of rotatable bonds is 6. The fraction of sp³-hybridized carbons (Fsp3) is 0.238. The highest BCUT2D eigenvalue weighted by Crippen LogP contribution is 2.20. The summed E-state index contributed by atoms with van der Waals surface area (Å²) in [5.74, 6) is -0.0540. The second-order valence-corrected chi connectivity index (χ2v) is 6.49. The van der Waals surface area contributed by atoms with Gasteiger partial charge < -0.3 is 9.42 Å². The van der Waals surface area contributed by atoms with E-state index in [1.807, 2.05) is 18.2 Å². The lowest BCUT2D eigenvalue weighted by atomic mass is 9.96. The molecular formula is C21H21FN2O2. The highest BCUT2D eigenvalue weighted by molar-refractivity contribution is 5.91. The van der Waals surface area contributed by atoms with Gasteiger partial charge in [0.05, 0.1) is 5.69 Å². The standard InChI is InChI=1S/C21H21FN2O2/c1-15(17-6-4-3-5-7-17)12-19-13-20(26-23-19)21(25)24(2)14-16-8-10-18(22)11-9-16/h3-11,13,15H,12,14H2,1-2H3/t15-/m0/s1. The molecule has 0 aliphatic heterocycles. The first-order valence-corrected chi connectivity index (χ1v) is 8.53. The number of amides is 1. The summed E-state index contributed by atoms with van der Waals surface area (Å²) in [6.07, 6.45) is 0.697. The van der Waals surface area contributed by atoms with Crippen LogP contribution in [0.15, 0.2) is 65.2 Å². The number of nitrogens with zero attached hydrogens (tertiary/aromatic N) is 2. The third kappa shape index (κ3) is 4.36. The van der Waals surface area contributed by atoms with E-state index in [2.05, 4.69) is 24.2 Å². The molecule has 0 saturated heterocycles. The molecule has 1 aromatic heterocycles. The van der Waals surface area contributed by atoms with E-state index in [1.54, 1.807) is 25.2 Å². The van der Waals surface area contributed by atoms with Gasteiger partial charge in [-0.2, -0.15) is 0 Å². The van der Waals surface area contributed by atoms with Gasteiger partial charge in [0.1, 0.15) is 5.82 Å². The van der Waals surface area contributed by atoms with Gasteiger partial charge in [-0.3, -0.25) is 4.79 Å². The molecule has 0 unspecified atom stereocenters. The van der Waals surface area contributed by atoms with Crippen LogP contribution in [0.3, 0.4) is 0 Å². The molecule has 3 rings (SSSR count). The first-order valence-electron chi connectivity index (χ1n) is 8.53. The summed E-state index contributed by atoms with van der Waals surface area (Å²) < 4.78 is 18.2. The SMILES string of the molecule is C[C@@H](Cc1cc(C(=O)N(C)Cc2ccc(F)cc2)on1)c1ccccc1. The van der Waals surface area contributed by atoms with Crippen LogP contribution < -0.4 is 0 Å². The Morgan fingerprint density at radius 2 is 1.85 bits per heavy atom. The van der Waals surface area contributed by atoms with Gasteiger partial charge in [0.2, 0.25) is 5.76 Å². The zero-order chi connectivity index (χ0) is 18.5. The molecule has 0 saturated carbocycles. The Hall–Kier alpha value is -2.95. The van der Waals surface area contributed by atoms with Crippen molar-refractivity contribution in [2.45, 2.75) is 25.8 Å². The minimum Gasteiger partial charge on any atom is -0.351 e. The van der Waals surface area contributed by atoms with Gasteiger partial charge in [0.25, 0.3) is 5.91 Å². The molecule has 4 nitrogen and oxygen atoms in total. The predicted molar refractivity (Wildman–Crippen MR) is 97.3 cm³/mol. The molecule has 134 valence electrons. The maximum absolute atomic E-state index is 13.0. The second kappa shape index (κ2) is 7.95. The zero-order valence-electron chi connectivity index (χ0n) is 14.9. The van der Waals surface area contributed by atoms with Crippen LogP contribution >= 0.6 is 0 Å². The first-order chi connectivity index (χ1) is 12.5. The molecule has 5 heteroatoms. The van der Waals surface area contributed by atoms with Crippen LogP contribution in [0.4, 0.5) is 4.39 Å². The number of halogens is 1. The normalized spacial score (nSPS) is 12.0. The molecule has 2 aromatic carbocycles. The Labute approximate surface area is 152 Å². The van der Waals surface area contributed by atoms with Gasteiger partial charge in [-0.25, -0.2) is 4.39 Å². The zero-order valence-corrected chi connectivity index (χ0v) is 14.9. The van der Waals surface area contributed by atoms with Gasteiger partial charge in [0, 0.05) is 19.7 Å². The number of benzene rings is 2. The van der Waals surface area contributed by atoms with E-state index < -0.39 is 0 Å². The average Bonchev–Trinajstić information content (AvgIpc) is 3.12. The molecule has 0 spiro atoms. The molecule has 0 radical (unpaired) electrons. The summed E-state index contributed by atoms with van der Waals surface area (Å²) in [6.45, 7) is 2.49. The topological polar surface area (TPSA) is 46.3 Å². The molecule has 3 aromatic rings. The minimum atomic E-state index is -0.296. The number of carbonyl (C=O) groups excluding carboxylic acids is 1. The fourth-order valence-electron chi connectivity index (χ4n) is 2.85. The lowest BCUT2D eigenvalue weighted by Crippen LogP contribution is -2.25. The Bertz CT molecular complexity index is 859. The summed E-state index contributed by atoms with van der Waals surface area (Å²) >= 11 is 0. The average molecular weight is 352 g/mol. The van der Waals surface area contributed by atoms with Crippen LogP contribution in [0, 0.1) is 5.82 Å². The Balaban J connectivity index is 1.63. The summed E-state index contributed by atoms with van der Waals surface area (Å²) in [7, 11) is 1.68. The summed E-state index contributed by atoms with van der Waals surface area (Å²) in [5.41, 5.74) is 2.82. The smallest absolute Gasteiger partial charge is 0.292 e. The third-order valence-electron chi connectivity index (χ3n) is 4.33. The molecule has 0 fully saturated rings. The van der Waals surface area contributed by atoms with Crippen molar-refractivity contribution in [1.29, 1.82) is 0 Å². The van der Waals surface area contributed by atoms with Crippen LogP contribution in [0.1, 0.15) is 40.2 Å². The van der Waals surface area contributed by atoms with E-state index in [0.717, 1.165) is 11.3 Å². The van der Waals surface area contributed by atoms with Crippen molar-refractivity contribution in [2.24, 2.45) is 0 Å². The fourth-order valence-corrected chi connectivity index (χ4v) is 2.85. The van der Waals surface area contributed by atoms with Crippen molar-refractivity contribution in [3.05, 3.63) is 89.1 Å². The summed E-state index contributed by atoms with van der Waals surface area (Å²) in [4.78, 5) is 14.0.